The second kappa shape index (κ2) is 5.08. The number of nitrogens with zero attached hydrogens (tertiary/aromatic N) is 2. The number of furan rings is 1. The van der Waals surface area contributed by atoms with E-state index in [-0.39, 0.29) is 0 Å². The number of aryl methyl sites for hydroxylation is 1. The second-order valence-corrected chi connectivity index (χ2v) is 5.43. The molecule has 0 aliphatic heterocycles. The van der Waals surface area contributed by atoms with Crippen LogP contribution in [0.15, 0.2) is 19.6 Å². The summed E-state index contributed by atoms with van der Waals surface area (Å²) in [6, 6.07) is 1.81. The van der Waals surface area contributed by atoms with Gasteiger partial charge in [-0.05, 0) is 45.2 Å². The van der Waals surface area contributed by atoms with E-state index >= 15 is 0 Å². The lowest BCUT2D eigenvalue weighted by atomic mass is 10.2. The van der Waals surface area contributed by atoms with Gasteiger partial charge in [-0.25, -0.2) is 9.97 Å². The molecule has 0 saturated carbocycles. The van der Waals surface area contributed by atoms with Crippen molar-refractivity contribution in [1.29, 1.82) is 0 Å². The first kappa shape index (κ1) is 13.1. The van der Waals surface area contributed by atoms with E-state index in [1.807, 2.05) is 19.9 Å². The van der Waals surface area contributed by atoms with E-state index in [9.17, 15) is 0 Å². The Morgan fingerprint density at radius 1 is 1.35 bits per heavy atom. The molecule has 0 aliphatic rings. The molecular weight excluding hydrogens is 371 g/mol. The van der Waals surface area contributed by atoms with Gasteiger partial charge in [0, 0.05) is 17.3 Å². The predicted octanol–water partition coefficient (Wildman–Crippen LogP) is 4.79. The molecule has 2 aromatic rings. The van der Waals surface area contributed by atoms with E-state index in [0.717, 1.165) is 22.2 Å². The van der Waals surface area contributed by atoms with Crippen molar-refractivity contribution in [1.82, 2.24) is 9.97 Å². The molecule has 6 heteroatoms. The van der Waals surface area contributed by atoms with Gasteiger partial charge >= 0.3 is 0 Å². The van der Waals surface area contributed by atoms with Crippen molar-refractivity contribution in [2.75, 3.05) is 0 Å². The average Bonchev–Trinajstić information content (AvgIpc) is 2.63. The van der Waals surface area contributed by atoms with Crippen molar-refractivity contribution in [2.24, 2.45) is 0 Å². The van der Waals surface area contributed by atoms with Crippen LogP contribution in [-0.2, 0) is 6.42 Å². The van der Waals surface area contributed by atoms with Crippen LogP contribution in [0.2, 0.25) is 5.15 Å². The Morgan fingerprint density at radius 2 is 2.06 bits per heavy atom. The van der Waals surface area contributed by atoms with Crippen molar-refractivity contribution >= 4 is 43.5 Å². The van der Waals surface area contributed by atoms with Crippen LogP contribution in [0.3, 0.4) is 0 Å². The van der Waals surface area contributed by atoms with Gasteiger partial charge in [-0.2, -0.15) is 0 Å². The molecule has 0 fully saturated rings. The summed E-state index contributed by atoms with van der Waals surface area (Å²) in [5.41, 5.74) is 1.85. The molecule has 2 aromatic heterocycles. The van der Waals surface area contributed by atoms with Crippen LogP contribution < -0.4 is 0 Å². The summed E-state index contributed by atoms with van der Waals surface area (Å²) in [7, 11) is 0. The van der Waals surface area contributed by atoms with E-state index in [2.05, 4.69) is 41.8 Å². The van der Waals surface area contributed by atoms with Gasteiger partial charge in [0.15, 0.2) is 16.3 Å². The van der Waals surface area contributed by atoms with Gasteiger partial charge in [0.1, 0.15) is 5.15 Å². The fourth-order valence-electron chi connectivity index (χ4n) is 1.44. The Labute approximate surface area is 121 Å². The topological polar surface area (TPSA) is 38.9 Å². The quantitative estimate of drug-likeness (QED) is 0.704. The highest BCUT2D eigenvalue weighted by Crippen LogP contribution is 2.32. The minimum atomic E-state index is 0.468. The first-order chi connectivity index (χ1) is 8.02. The van der Waals surface area contributed by atoms with E-state index in [4.69, 9.17) is 16.0 Å². The standard InChI is InChI=1S/C11H9Br2ClN2O/c1-3-7-5(2)10(14)16-11(15-7)8-4-6(12)9(13)17-8/h4H,3H2,1-2H3. The minimum absolute atomic E-state index is 0.468. The maximum atomic E-state index is 6.08. The fraction of sp³-hybridized carbons (Fsp3) is 0.273. The molecule has 2 heterocycles. The van der Waals surface area contributed by atoms with Crippen molar-refractivity contribution < 1.29 is 4.42 Å². The summed E-state index contributed by atoms with van der Waals surface area (Å²) in [5, 5.41) is 0.468. The lowest BCUT2D eigenvalue weighted by Gasteiger charge is -2.05. The van der Waals surface area contributed by atoms with E-state index in [1.165, 1.54) is 0 Å². The zero-order valence-electron chi connectivity index (χ0n) is 9.22. The zero-order chi connectivity index (χ0) is 12.6. The first-order valence-electron chi connectivity index (χ1n) is 5.01. The largest absolute Gasteiger partial charge is 0.445 e. The maximum Gasteiger partial charge on any atom is 0.197 e. The minimum Gasteiger partial charge on any atom is -0.445 e. The Bertz CT molecular complexity index is 549. The molecule has 0 amide bonds. The van der Waals surface area contributed by atoms with E-state index in [1.54, 1.807) is 0 Å². The Kier molecular flexibility index (Phi) is 3.90. The zero-order valence-corrected chi connectivity index (χ0v) is 13.1. The average molecular weight is 380 g/mol. The number of hydrogen-bond donors (Lipinski definition) is 0. The van der Waals surface area contributed by atoms with Crippen LogP contribution in [0.4, 0.5) is 0 Å². The van der Waals surface area contributed by atoms with Crippen LogP contribution in [-0.4, -0.2) is 9.97 Å². The highest BCUT2D eigenvalue weighted by molar-refractivity contribution is 9.13. The van der Waals surface area contributed by atoms with E-state index < -0.39 is 0 Å². The molecule has 0 spiro atoms. The Hall–Kier alpha value is -0.390. The number of halogens is 3. The maximum absolute atomic E-state index is 6.08. The van der Waals surface area contributed by atoms with Gasteiger partial charge in [-0.3, -0.25) is 0 Å². The summed E-state index contributed by atoms with van der Waals surface area (Å²) >= 11 is 12.7. The third-order valence-electron chi connectivity index (χ3n) is 2.39. The third-order valence-corrected chi connectivity index (χ3v) is 4.47. The fourth-order valence-corrected chi connectivity index (χ4v) is 2.21. The molecule has 0 aromatic carbocycles. The molecule has 17 heavy (non-hydrogen) atoms. The highest BCUT2D eigenvalue weighted by atomic mass is 79.9. The molecule has 0 radical (unpaired) electrons. The van der Waals surface area contributed by atoms with Gasteiger partial charge in [0.05, 0.1) is 4.47 Å². The van der Waals surface area contributed by atoms with Crippen molar-refractivity contribution in [3.05, 3.63) is 31.6 Å². The van der Waals surface area contributed by atoms with Gasteiger partial charge in [-0.15, -0.1) is 0 Å². The molecule has 0 atom stereocenters. The normalized spacial score (nSPS) is 10.9. The summed E-state index contributed by atoms with van der Waals surface area (Å²) < 4.78 is 6.92. The van der Waals surface area contributed by atoms with Crippen LogP contribution in [0.1, 0.15) is 18.2 Å². The second-order valence-electron chi connectivity index (χ2n) is 3.50. The number of hydrogen-bond acceptors (Lipinski definition) is 3. The van der Waals surface area contributed by atoms with Gasteiger partial charge in [0.25, 0.3) is 0 Å². The third kappa shape index (κ3) is 2.56. The van der Waals surface area contributed by atoms with Gasteiger partial charge in [0.2, 0.25) is 0 Å². The highest BCUT2D eigenvalue weighted by Gasteiger charge is 2.14. The van der Waals surface area contributed by atoms with Crippen molar-refractivity contribution in [2.45, 2.75) is 20.3 Å². The summed E-state index contributed by atoms with van der Waals surface area (Å²) in [4.78, 5) is 8.67. The van der Waals surface area contributed by atoms with Crippen LogP contribution in [0, 0.1) is 6.92 Å². The molecule has 0 unspecified atom stereocenters. The lowest BCUT2D eigenvalue weighted by Crippen LogP contribution is -1.98. The van der Waals surface area contributed by atoms with Crippen LogP contribution >= 0.6 is 43.5 Å². The van der Waals surface area contributed by atoms with Crippen molar-refractivity contribution in [3.63, 3.8) is 0 Å². The number of aromatic nitrogens is 2. The van der Waals surface area contributed by atoms with Gasteiger partial charge < -0.3 is 4.42 Å². The molecule has 0 N–H and O–H groups in total. The number of rotatable bonds is 2. The van der Waals surface area contributed by atoms with Crippen molar-refractivity contribution in [3.8, 4) is 11.6 Å². The molecule has 0 bridgehead atoms. The molecule has 0 aliphatic carbocycles. The Morgan fingerprint density at radius 3 is 2.59 bits per heavy atom. The van der Waals surface area contributed by atoms with Crippen LogP contribution in [0.5, 0.6) is 0 Å². The molecule has 2 rings (SSSR count). The predicted molar refractivity (Wildman–Crippen MR) is 74.3 cm³/mol. The van der Waals surface area contributed by atoms with E-state index in [0.29, 0.717) is 21.4 Å². The summed E-state index contributed by atoms with van der Waals surface area (Å²) in [5.74, 6) is 1.09. The van der Waals surface area contributed by atoms with Gasteiger partial charge in [-0.1, -0.05) is 18.5 Å². The smallest absolute Gasteiger partial charge is 0.197 e. The molecule has 3 nitrogen and oxygen atoms in total. The summed E-state index contributed by atoms with van der Waals surface area (Å²) in [6.45, 7) is 3.95. The SMILES string of the molecule is CCc1nc(-c2cc(Br)c(Br)o2)nc(Cl)c1C. The Balaban J connectivity index is 2.56. The molecule has 0 saturated heterocycles. The first-order valence-corrected chi connectivity index (χ1v) is 6.97. The van der Waals surface area contributed by atoms with Crippen LogP contribution in [0.25, 0.3) is 11.6 Å². The lowest BCUT2D eigenvalue weighted by molar-refractivity contribution is 0.549. The summed E-state index contributed by atoms with van der Waals surface area (Å²) in [6.07, 6.45) is 0.810. The molecular formula is C11H9Br2ClN2O. The monoisotopic (exact) mass is 378 g/mol. The molecule has 90 valence electrons.